The molecule has 0 saturated heterocycles. The van der Waals surface area contributed by atoms with Crippen LogP contribution in [0.2, 0.25) is 0 Å². The number of hydrogen-bond acceptors (Lipinski definition) is 7. The summed E-state index contributed by atoms with van der Waals surface area (Å²) in [6.45, 7) is 4.25. The molecule has 0 amide bonds. The van der Waals surface area contributed by atoms with E-state index < -0.39 is 28.7 Å². The number of phenolic OH excluding ortho intramolecular Hbond substituents is 1. The van der Waals surface area contributed by atoms with Crippen molar-refractivity contribution in [3.63, 3.8) is 0 Å². The number of carbonyl (C=O) groups excluding carboxylic acids is 2. The third-order valence-corrected chi connectivity index (χ3v) is 6.35. The molecule has 0 heterocycles. The molecular formula is C19H18I2O8S. The molecule has 11 heteroatoms. The van der Waals surface area contributed by atoms with Crippen LogP contribution in [0, 0.1) is 14.1 Å². The molecule has 0 atom stereocenters. The molecule has 0 spiro atoms. The standard InChI is InChI=1S/C19H18I2O8S/c1-9(2)12-7-15(10(3)4-16(12)30(25,26)27)29-17(22)8-28-19(24)13-5-11(20)6-14(21)18(13)23/h4-7,9,23H,8H2,1-3H3,(H,25,26,27). The first-order chi connectivity index (χ1) is 13.8. The summed E-state index contributed by atoms with van der Waals surface area (Å²) >= 11 is 3.85. The van der Waals surface area contributed by atoms with E-state index >= 15 is 0 Å². The first kappa shape index (κ1) is 24.8. The Balaban J connectivity index is 2.17. The van der Waals surface area contributed by atoms with Crippen molar-refractivity contribution < 1.29 is 37.1 Å². The lowest BCUT2D eigenvalue weighted by Gasteiger charge is -2.15. The van der Waals surface area contributed by atoms with Crippen LogP contribution in [-0.2, 0) is 19.6 Å². The van der Waals surface area contributed by atoms with E-state index in [1.165, 1.54) is 25.1 Å². The molecule has 0 fully saturated rings. The molecule has 2 N–H and O–H groups in total. The molecule has 30 heavy (non-hydrogen) atoms. The summed E-state index contributed by atoms with van der Waals surface area (Å²) in [7, 11) is -4.44. The second kappa shape index (κ2) is 9.78. The van der Waals surface area contributed by atoms with Gasteiger partial charge in [-0.25, -0.2) is 9.59 Å². The highest BCUT2D eigenvalue weighted by Gasteiger charge is 2.22. The average Bonchev–Trinajstić information content (AvgIpc) is 2.63. The van der Waals surface area contributed by atoms with E-state index in [0.29, 0.717) is 12.7 Å². The molecule has 0 unspecified atom stereocenters. The van der Waals surface area contributed by atoms with Crippen molar-refractivity contribution in [2.45, 2.75) is 31.6 Å². The van der Waals surface area contributed by atoms with Crippen LogP contribution in [0.3, 0.4) is 0 Å². The van der Waals surface area contributed by atoms with Gasteiger partial charge >= 0.3 is 11.9 Å². The van der Waals surface area contributed by atoms with E-state index in [4.69, 9.17) is 9.47 Å². The van der Waals surface area contributed by atoms with Gasteiger partial charge in [0, 0.05) is 3.57 Å². The van der Waals surface area contributed by atoms with Crippen LogP contribution in [-0.4, -0.2) is 36.6 Å². The first-order valence-electron chi connectivity index (χ1n) is 8.49. The van der Waals surface area contributed by atoms with Gasteiger partial charge in [0.25, 0.3) is 10.1 Å². The summed E-state index contributed by atoms with van der Waals surface area (Å²) in [6.07, 6.45) is 0. The molecular weight excluding hydrogens is 642 g/mol. The monoisotopic (exact) mass is 660 g/mol. The largest absolute Gasteiger partial charge is 0.506 e. The summed E-state index contributed by atoms with van der Waals surface area (Å²) in [4.78, 5) is 24.1. The summed E-state index contributed by atoms with van der Waals surface area (Å²) < 4.78 is 43.9. The number of ether oxygens (including phenoxy) is 2. The summed E-state index contributed by atoms with van der Waals surface area (Å²) in [6, 6.07) is 5.67. The van der Waals surface area contributed by atoms with E-state index in [1.54, 1.807) is 19.9 Å². The Kier molecular flexibility index (Phi) is 8.09. The second-order valence-corrected chi connectivity index (χ2v) is 10.4. The lowest BCUT2D eigenvalue weighted by atomic mass is 10.0. The number of benzene rings is 2. The highest BCUT2D eigenvalue weighted by Crippen LogP contribution is 2.31. The molecule has 0 aliphatic heterocycles. The van der Waals surface area contributed by atoms with Crippen molar-refractivity contribution in [2.75, 3.05) is 6.61 Å². The fourth-order valence-corrected chi connectivity index (χ4v) is 5.30. The van der Waals surface area contributed by atoms with Gasteiger partial charge in [0.15, 0.2) is 6.61 Å². The average molecular weight is 660 g/mol. The zero-order valence-corrected chi connectivity index (χ0v) is 21.2. The molecule has 0 aliphatic rings. The number of halogens is 2. The molecule has 0 aliphatic carbocycles. The van der Waals surface area contributed by atoms with E-state index in [-0.39, 0.29) is 33.4 Å². The topological polar surface area (TPSA) is 127 Å². The predicted molar refractivity (Wildman–Crippen MR) is 125 cm³/mol. The van der Waals surface area contributed by atoms with Crippen molar-refractivity contribution in [3.05, 3.63) is 48.1 Å². The molecule has 0 aromatic heterocycles. The van der Waals surface area contributed by atoms with Crippen LogP contribution in [0.1, 0.15) is 41.3 Å². The van der Waals surface area contributed by atoms with Gasteiger partial charge in [-0.1, -0.05) is 13.8 Å². The van der Waals surface area contributed by atoms with Gasteiger partial charge < -0.3 is 14.6 Å². The SMILES string of the molecule is Cc1cc(S(=O)(=O)O)c(C(C)C)cc1OC(=O)COC(=O)c1cc(I)cc(I)c1O. The molecule has 8 nitrogen and oxygen atoms in total. The van der Waals surface area contributed by atoms with Gasteiger partial charge in [-0.2, -0.15) is 8.42 Å². The normalized spacial score (nSPS) is 11.4. The van der Waals surface area contributed by atoms with Crippen LogP contribution in [0.25, 0.3) is 0 Å². The number of hydrogen-bond donors (Lipinski definition) is 2. The number of aryl methyl sites for hydroxylation is 1. The number of phenols is 1. The number of rotatable bonds is 6. The van der Waals surface area contributed by atoms with Crippen LogP contribution >= 0.6 is 45.2 Å². The smallest absolute Gasteiger partial charge is 0.349 e. The molecule has 0 radical (unpaired) electrons. The van der Waals surface area contributed by atoms with Crippen LogP contribution < -0.4 is 4.74 Å². The highest BCUT2D eigenvalue weighted by molar-refractivity contribution is 14.1. The molecule has 162 valence electrons. The minimum Gasteiger partial charge on any atom is -0.506 e. The Labute approximate surface area is 201 Å². The summed E-state index contributed by atoms with van der Waals surface area (Å²) in [5.41, 5.74) is 0.507. The lowest BCUT2D eigenvalue weighted by Crippen LogP contribution is -2.20. The molecule has 2 rings (SSSR count). The minimum absolute atomic E-state index is 0.0742. The van der Waals surface area contributed by atoms with E-state index in [9.17, 15) is 27.7 Å². The minimum atomic E-state index is -4.44. The Morgan fingerprint density at radius 1 is 1.13 bits per heavy atom. The summed E-state index contributed by atoms with van der Waals surface area (Å²) in [5, 5.41) is 10.0. The Morgan fingerprint density at radius 3 is 2.33 bits per heavy atom. The van der Waals surface area contributed by atoms with Gasteiger partial charge in [0.05, 0.1) is 8.47 Å². The molecule has 0 saturated carbocycles. The zero-order valence-electron chi connectivity index (χ0n) is 16.1. The molecule has 0 bridgehead atoms. The van der Waals surface area contributed by atoms with Crippen LogP contribution in [0.4, 0.5) is 0 Å². The Bertz CT molecular complexity index is 1110. The molecule has 2 aromatic rings. The maximum atomic E-state index is 12.2. The summed E-state index contributed by atoms with van der Waals surface area (Å²) in [5.74, 6) is -2.21. The lowest BCUT2D eigenvalue weighted by molar-refractivity contribution is -0.137. The van der Waals surface area contributed by atoms with Crippen molar-refractivity contribution >= 4 is 67.2 Å². The zero-order chi connectivity index (χ0) is 22.8. The quantitative estimate of drug-likeness (QED) is 0.206. The predicted octanol–water partition coefficient (Wildman–Crippen LogP) is 4.04. The highest BCUT2D eigenvalue weighted by atomic mass is 127. The van der Waals surface area contributed by atoms with E-state index in [1.807, 2.05) is 45.2 Å². The van der Waals surface area contributed by atoms with Gasteiger partial charge in [-0.15, -0.1) is 0 Å². The number of esters is 2. The van der Waals surface area contributed by atoms with Gasteiger partial charge in [-0.05, 0) is 93.4 Å². The third-order valence-electron chi connectivity index (χ3n) is 4.00. The first-order valence-corrected chi connectivity index (χ1v) is 12.1. The van der Waals surface area contributed by atoms with Gasteiger partial charge in [0.1, 0.15) is 17.1 Å². The Morgan fingerprint density at radius 2 is 1.77 bits per heavy atom. The van der Waals surface area contributed by atoms with Crippen molar-refractivity contribution in [3.8, 4) is 11.5 Å². The van der Waals surface area contributed by atoms with Crippen molar-refractivity contribution in [1.29, 1.82) is 0 Å². The van der Waals surface area contributed by atoms with Crippen molar-refractivity contribution in [2.24, 2.45) is 0 Å². The second-order valence-electron chi connectivity index (χ2n) is 6.62. The molecule has 2 aromatic carbocycles. The number of carbonyl (C=O) groups is 2. The van der Waals surface area contributed by atoms with E-state index in [0.717, 1.165) is 0 Å². The number of aromatic hydroxyl groups is 1. The van der Waals surface area contributed by atoms with Crippen LogP contribution in [0.15, 0.2) is 29.2 Å². The third kappa shape index (κ3) is 6.04. The fourth-order valence-electron chi connectivity index (χ4n) is 2.54. The maximum Gasteiger partial charge on any atom is 0.349 e. The van der Waals surface area contributed by atoms with Crippen molar-refractivity contribution in [1.82, 2.24) is 0 Å². The van der Waals surface area contributed by atoms with Crippen LogP contribution in [0.5, 0.6) is 11.5 Å². The van der Waals surface area contributed by atoms with Gasteiger partial charge in [-0.3, -0.25) is 4.55 Å². The van der Waals surface area contributed by atoms with E-state index in [2.05, 4.69) is 0 Å². The maximum absolute atomic E-state index is 12.2. The fraction of sp³-hybridized carbons (Fsp3) is 0.263. The van der Waals surface area contributed by atoms with Gasteiger partial charge in [0.2, 0.25) is 0 Å². The Hall–Kier alpha value is -1.45.